The van der Waals surface area contributed by atoms with Gasteiger partial charge in [0.15, 0.2) is 0 Å². The summed E-state index contributed by atoms with van der Waals surface area (Å²) in [5.74, 6) is -0.582. The molecule has 0 saturated heterocycles. The molecule has 0 rings (SSSR count). The Bertz CT molecular complexity index is 292. The van der Waals surface area contributed by atoms with Crippen LogP contribution in [0.2, 0.25) is 0 Å². The Hall–Kier alpha value is -1.56. The summed E-state index contributed by atoms with van der Waals surface area (Å²) in [4.78, 5) is 22.2. The lowest BCUT2D eigenvalue weighted by Crippen LogP contribution is -2.46. The standard InChI is InChI=1S/C13H24N2O4/c1-4-6-11(12(16)17)15-13(18)14-7-5-8-19-9-10(2)3/h4,10-11H,1,5-9H2,2-3H3,(H,16,17)(H2,14,15,18). The minimum Gasteiger partial charge on any atom is -0.480 e. The van der Waals surface area contributed by atoms with Gasteiger partial charge in [-0.1, -0.05) is 19.9 Å². The first-order valence-corrected chi connectivity index (χ1v) is 6.43. The van der Waals surface area contributed by atoms with Gasteiger partial charge in [0.05, 0.1) is 0 Å². The molecule has 110 valence electrons. The highest BCUT2D eigenvalue weighted by Crippen LogP contribution is 1.94. The van der Waals surface area contributed by atoms with E-state index in [1.807, 2.05) is 0 Å². The zero-order chi connectivity index (χ0) is 14.7. The molecule has 0 aliphatic carbocycles. The third kappa shape index (κ3) is 10.1. The Morgan fingerprint density at radius 1 is 1.42 bits per heavy atom. The van der Waals surface area contributed by atoms with Crippen molar-refractivity contribution in [1.29, 1.82) is 0 Å². The fraction of sp³-hybridized carbons (Fsp3) is 0.692. The Labute approximate surface area is 114 Å². The van der Waals surface area contributed by atoms with Gasteiger partial charge in [0.2, 0.25) is 0 Å². The molecule has 0 fully saturated rings. The number of hydrogen-bond donors (Lipinski definition) is 3. The largest absolute Gasteiger partial charge is 0.480 e. The van der Waals surface area contributed by atoms with Gasteiger partial charge in [0, 0.05) is 19.8 Å². The van der Waals surface area contributed by atoms with Crippen LogP contribution in [0.1, 0.15) is 26.7 Å². The molecule has 0 spiro atoms. The van der Waals surface area contributed by atoms with Crippen LogP contribution in [0.25, 0.3) is 0 Å². The van der Waals surface area contributed by atoms with Crippen molar-refractivity contribution < 1.29 is 19.4 Å². The van der Waals surface area contributed by atoms with Gasteiger partial charge >= 0.3 is 12.0 Å². The summed E-state index contributed by atoms with van der Waals surface area (Å²) in [6.45, 7) is 9.31. The van der Waals surface area contributed by atoms with Crippen LogP contribution in [0.3, 0.4) is 0 Å². The fourth-order valence-electron chi connectivity index (χ4n) is 1.29. The van der Waals surface area contributed by atoms with Gasteiger partial charge in [-0.3, -0.25) is 0 Å². The van der Waals surface area contributed by atoms with Crippen LogP contribution in [-0.4, -0.2) is 42.9 Å². The quantitative estimate of drug-likeness (QED) is 0.414. The van der Waals surface area contributed by atoms with E-state index in [-0.39, 0.29) is 6.42 Å². The zero-order valence-corrected chi connectivity index (χ0v) is 11.6. The maximum absolute atomic E-state index is 11.4. The number of carboxylic acid groups (broad SMARTS) is 1. The predicted molar refractivity (Wildman–Crippen MR) is 73.0 cm³/mol. The van der Waals surface area contributed by atoms with Gasteiger partial charge in [0.25, 0.3) is 0 Å². The lowest BCUT2D eigenvalue weighted by atomic mass is 10.2. The lowest BCUT2D eigenvalue weighted by molar-refractivity contribution is -0.139. The maximum atomic E-state index is 11.4. The summed E-state index contributed by atoms with van der Waals surface area (Å²) < 4.78 is 5.36. The number of ether oxygens (including phenoxy) is 1. The van der Waals surface area contributed by atoms with E-state index in [1.165, 1.54) is 6.08 Å². The number of carboxylic acids is 1. The van der Waals surface area contributed by atoms with Crippen molar-refractivity contribution in [3.63, 3.8) is 0 Å². The minimum atomic E-state index is -1.07. The normalized spacial score (nSPS) is 11.9. The first kappa shape index (κ1) is 17.4. The van der Waals surface area contributed by atoms with Crippen molar-refractivity contribution in [2.45, 2.75) is 32.7 Å². The average molecular weight is 272 g/mol. The predicted octanol–water partition coefficient (Wildman–Crippen LogP) is 1.38. The number of carbonyl (C=O) groups is 2. The molecule has 6 nitrogen and oxygen atoms in total. The van der Waals surface area contributed by atoms with Crippen molar-refractivity contribution in [2.24, 2.45) is 5.92 Å². The number of amides is 2. The Morgan fingerprint density at radius 3 is 2.63 bits per heavy atom. The number of urea groups is 1. The number of aliphatic carboxylic acids is 1. The molecular formula is C13H24N2O4. The molecule has 2 amide bonds. The molecule has 0 aliphatic rings. The fourth-order valence-corrected chi connectivity index (χ4v) is 1.29. The van der Waals surface area contributed by atoms with Gasteiger partial charge in [-0.05, 0) is 18.8 Å². The molecule has 1 atom stereocenters. The molecule has 1 unspecified atom stereocenters. The van der Waals surface area contributed by atoms with Crippen LogP contribution < -0.4 is 10.6 Å². The molecule has 3 N–H and O–H groups in total. The smallest absolute Gasteiger partial charge is 0.326 e. The zero-order valence-electron chi connectivity index (χ0n) is 11.6. The number of nitrogens with one attached hydrogen (secondary N) is 2. The summed E-state index contributed by atoms with van der Waals surface area (Å²) in [5.41, 5.74) is 0. The van der Waals surface area contributed by atoms with Gasteiger partial charge < -0.3 is 20.5 Å². The van der Waals surface area contributed by atoms with Gasteiger partial charge in [-0.25, -0.2) is 9.59 Å². The van der Waals surface area contributed by atoms with Crippen molar-refractivity contribution in [2.75, 3.05) is 19.8 Å². The van der Waals surface area contributed by atoms with Crippen LogP contribution >= 0.6 is 0 Å². The highest BCUT2D eigenvalue weighted by molar-refractivity contribution is 5.82. The number of carbonyl (C=O) groups excluding carboxylic acids is 1. The molecule has 0 aromatic rings. The molecule has 0 saturated carbocycles. The van der Waals surface area contributed by atoms with E-state index < -0.39 is 18.0 Å². The average Bonchev–Trinajstić information content (AvgIpc) is 2.32. The molecule has 0 aromatic heterocycles. The maximum Gasteiger partial charge on any atom is 0.326 e. The minimum absolute atomic E-state index is 0.195. The Balaban J connectivity index is 3.68. The monoisotopic (exact) mass is 272 g/mol. The van der Waals surface area contributed by atoms with Crippen molar-refractivity contribution in [3.8, 4) is 0 Å². The third-order valence-corrected chi connectivity index (χ3v) is 2.21. The van der Waals surface area contributed by atoms with Crippen LogP contribution in [0.5, 0.6) is 0 Å². The van der Waals surface area contributed by atoms with E-state index in [0.29, 0.717) is 32.1 Å². The Kier molecular flexibility index (Phi) is 9.52. The Morgan fingerprint density at radius 2 is 2.11 bits per heavy atom. The summed E-state index contributed by atoms with van der Waals surface area (Å²) >= 11 is 0. The first-order valence-electron chi connectivity index (χ1n) is 6.43. The second-order valence-electron chi connectivity index (χ2n) is 4.64. The second-order valence-corrected chi connectivity index (χ2v) is 4.64. The first-order chi connectivity index (χ1) is 8.97. The van der Waals surface area contributed by atoms with E-state index >= 15 is 0 Å². The topological polar surface area (TPSA) is 87.7 Å². The van der Waals surface area contributed by atoms with Crippen molar-refractivity contribution in [3.05, 3.63) is 12.7 Å². The van der Waals surface area contributed by atoms with Crippen LogP contribution in [0.15, 0.2) is 12.7 Å². The van der Waals surface area contributed by atoms with E-state index in [9.17, 15) is 9.59 Å². The van der Waals surface area contributed by atoms with E-state index in [0.717, 1.165) is 0 Å². The molecule has 0 aromatic carbocycles. The van der Waals surface area contributed by atoms with Gasteiger partial charge in [-0.15, -0.1) is 6.58 Å². The summed E-state index contributed by atoms with van der Waals surface area (Å²) in [5, 5.41) is 13.8. The van der Waals surface area contributed by atoms with Crippen LogP contribution in [0.4, 0.5) is 4.79 Å². The van der Waals surface area contributed by atoms with E-state index in [2.05, 4.69) is 31.1 Å². The van der Waals surface area contributed by atoms with Crippen LogP contribution in [0, 0.1) is 5.92 Å². The van der Waals surface area contributed by atoms with Crippen LogP contribution in [-0.2, 0) is 9.53 Å². The molecule has 19 heavy (non-hydrogen) atoms. The second kappa shape index (κ2) is 10.4. The molecule has 0 heterocycles. The van der Waals surface area contributed by atoms with E-state index in [4.69, 9.17) is 9.84 Å². The van der Waals surface area contributed by atoms with Gasteiger partial charge in [0.1, 0.15) is 6.04 Å². The third-order valence-electron chi connectivity index (χ3n) is 2.21. The highest BCUT2D eigenvalue weighted by atomic mass is 16.5. The SMILES string of the molecule is C=CCC(NC(=O)NCCCOCC(C)C)C(=O)O. The highest BCUT2D eigenvalue weighted by Gasteiger charge is 2.17. The van der Waals surface area contributed by atoms with Crippen molar-refractivity contribution in [1.82, 2.24) is 10.6 Å². The molecular weight excluding hydrogens is 248 g/mol. The molecule has 0 bridgehead atoms. The lowest BCUT2D eigenvalue weighted by Gasteiger charge is -2.13. The van der Waals surface area contributed by atoms with E-state index in [1.54, 1.807) is 0 Å². The summed E-state index contributed by atoms with van der Waals surface area (Å²) in [6.07, 6.45) is 2.35. The van der Waals surface area contributed by atoms with Crippen molar-refractivity contribution >= 4 is 12.0 Å². The number of hydrogen-bond acceptors (Lipinski definition) is 3. The number of rotatable bonds is 10. The summed E-state index contributed by atoms with van der Waals surface area (Å²) in [7, 11) is 0. The van der Waals surface area contributed by atoms with Gasteiger partial charge in [-0.2, -0.15) is 0 Å². The summed E-state index contributed by atoms with van der Waals surface area (Å²) in [6, 6.07) is -1.42. The molecule has 0 aliphatic heterocycles. The molecule has 6 heteroatoms. The molecule has 0 radical (unpaired) electrons.